The standard InChI is InChI=1S/C9H13N2.Y/c1-8-4-9(6-10-5-8)7-11(2)3;/h4-5H,7H2,1-3H3;/q-1;. The van der Waals surface area contributed by atoms with Crippen LogP contribution in [-0.2, 0) is 39.3 Å². The molecule has 12 heavy (non-hydrogen) atoms. The van der Waals surface area contributed by atoms with Gasteiger partial charge in [0.2, 0.25) is 0 Å². The molecule has 0 spiro atoms. The van der Waals surface area contributed by atoms with Gasteiger partial charge >= 0.3 is 0 Å². The van der Waals surface area contributed by atoms with Crippen LogP contribution in [0.15, 0.2) is 12.3 Å². The van der Waals surface area contributed by atoms with Crippen LogP contribution >= 0.6 is 0 Å². The minimum Gasteiger partial charge on any atom is -0.394 e. The van der Waals surface area contributed by atoms with Gasteiger partial charge < -0.3 is 9.88 Å². The molecule has 1 aromatic rings. The number of hydrogen-bond donors (Lipinski definition) is 0. The number of aromatic nitrogens is 1. The molecule has 3 heteroatoms. The van der Waals surface area contributed by atoms with Crippen molar-refractivity contribution in [1.82, 2.24) is 9.88 Å². The van der Waals surface area contributed by atoms with Crippen LogP contribution in [-0.4, -0.2) is 24.0 Å². The molecule has 0 aliphatic rings. The molecule has 0 aliphatic carbocycles. The molecule has 0 N–H and O–H groups in total. The summed E-state index contributed by atoms with van der Waals surface area (Å²) >= 11 is 0. The third kappa shape index (κ3) is 4.29. The van der Waals surface area contributed by atoms with Gasteiger partial charge in [-0.1, -0.05) is 19.3 Å². The van der Waals surface area contributed by atoms with Crippen LogP contribution in [0.2, 0.25) is 0 Å². The molecule has 1 radical (unpaired) electrons. The topological polar surface area (TPSA) is 16.1 Å². The van der Waals surface area contributed by atoms with E-state index in [1.54, 1.807) is 0 Å². The maximum Gasteiger partial charge on any atom is 0.00154 e. The summed E-state index contributed by atoms with van der Waals surface area (Å²) in [7, 11) is 4.08. The third-order valence-corrected chi connectivity index (χ3v) is 1.36. The van der Waals surface area contributed by atoms with Gasteiger partial charge in [0.25, 0.3) is 0 Å². The molecule has 2 nitrogen and oxygen atoms in total. The van der Waals surface area contributed by atoms with Crippen LogP contribution in [0.25, 0.3) is 0 Å². The summed E-state index contributed by atoms with van der Waals surface area (Å²) in [6, 6.07) is 2.10. The number of hydrogen-bond acceptors (Lipinski definition) is 2. The summed E-state index contributed by atoms with van der Waals surface area (Å²) in [5.74, 6) is 0. The Morgan fingerprint density at radius 3 is 2.67 bits per heavy atom. The van der Waals surface area contributed by atoms with Crippen LogP contribution in [0, 0.1) is 13.1 Å². The van der Waals surface area contributed by atoms with E-state index in [4.69, 9.17) is 0 Å². The van der Waals surface area contributed by atoms with E-state index in [1.165, 1.54) is 5.56 Å². The van der Waals surface area contributed by atoms with Gasteiger partial charge in [0.05, 0.1) is 0 Å². The Balaban J connectivity index is 0.00000121. The van der Waals surface area contributed by atoms with Crippen molar-refractivity contribution in [2.75, 3.05) is 14.1 Å². The molecule has 0 saturated heterocycles. The second-order valence-corrected chi connectivity index (χ2v) is 3.02. The van der Waals surface area contributed by atoms with E-state index in [0.717, 1.165) is 12.1 Å². The van der Waals surface area contributed by atoms with Crippen molar-refractivity contribution in [3.8, 4) is 0 Å². The van der Waals surface area contributed by atoms with Gasteiger partial charge in [0.15, 0.2) is 0 Å². The molecule has 0 fully saturated rings. The van der Waals surface area contributed by atoms with Crippen LogP contribution < -0.4 is 0 Å². The largest absolute Gasteiger partial charge is 0.394 e. The molecule has 0 amide bonds. The molecule has 0 aliphatic heterocycles. The first kappa shape index (κ1) is 12.2. The van der Waals surface area contributed by atoms with Crippen molar-refractivity contribution in [2.45, 2.75) is 13.5 Å². The monoisotopic (exact) mass is 238 g/mol. The molecular weight excluding hydrogens is 225 g/mol. The third-order valence-electron chi connectivity index (χ3n) is 1.36. The Morgan fingerprint density at radius 2 is 2.17 bits per heavy atom. The van der Waals surface area contributed by atoms with Gasteiger partial charge in [0.1, 0.15) is 0 Å². The Kier molecular flexibility index (Phi) is 5.89. The second-order valence-electron chi connectivity index (χ2n) is 3.02. The van der Waals surface area contributed by atoms with E-state index in [2.05, 4.69) is 22.1 Å². The molecule has 0 aromatic carbocycles. The summed E-state index contributed by atoms with van der Waals surface area (Å²) in [4.78, 5) is 6.09. The molecule has 0 atom stereocenters. The average molecular weight is 238 g/mol. The molecular formula is C9H13N2Y-. The van der Waals surface area contributed by atoms with Crippen molar-refractivity contribution in [2.24, 2.45) is 0 Å². The molecule has 0 unspecified atom stereocenters. The molecule has 63 valence electrons. The Morgan fingerprint density at radius 1 is 1.50 bits per heavy atom. The Labute approximate surface area is 99.3 Å². The summed E-state index contributed by atoms with van der Waals surface area (Å²) in [5, 5.41) is 0. The molecule has 1 heterocycles. The SMILES string of the molecule is Cc1cn[c-]c(CN(C)C)c1.[Y]. The Hall–Kier alpha value is 0.214. The van der Waals surface area contributed by atoms with Crippen LogP contribution in [0.1, 0.15) is 11.1 Å². The zero-order valence-corrected chi connectivity index (χ0v) is 10.7. The first-order valence-electron chi connectivity index (χ1n) is 3.66. The Bertz CT molecular complexity index is 236. The molecule has 0 saturated carbocycles. The van der Waals surface area contributed by atoms with Crippen LogP contribution in [0.3, 0.4) is 0 Å². The van der Waals surface area contributed by atoms with E-state index in [1.807, 2.05) is 27.2 Å². The van der Waals surface area contributed by atoms with E-state index < -0.39 is 0 Å². The fourth-order valence-electron chi connectivity index (χ4n) is 0.983. The van der Waals surface area contributed by atoms with Crippen molar-refractivity contribution >= 4 is 0 Å². The van der Waals surface area contributed by atoms with Crippen molar-refractivity contribution in [3.63, 3.8) is 0 Å². The smallest absolute Gasteiger partial charge is 0.00154 e. The first-order chi connectivity index (χ1) is 5.18. The summed E-state index contributed by atoms with van der Waals surface area (Å²) < 4.78 is 0. The number of nitrogens with zero attached hydrogens (tertiary/aromatic N) is 2. The van der Waals surface area contributed by atoms with Crippen molar-refractivity contribution < 1.29 is 32.7 Å². The summed E-state index contributed by atoms with van der Waals surface area (Å²) in [5.41, 5.74) is 2.34. The summed E-state index contributed by atoms with van der Waals surface area (Å²) in [6.07, 6.45) is 4.77. The van der Waals surface area contributed by atoms with Gasteiger partial charge in [-0.15, -0.1) is 11.1 Å². The fraction of sp³-hybridized carbons (Fsp3) is 0.444. The van der Waals surface area contributed by atoms with E-state index >= 15 is 0 Å². The summed E-state index contributed by atoms with van der Waals surface area (Å²) in [6.45, 7) is 2.95. The van der Waals surface area contributed by atoms with Gasteiger partial charge in [-0.2, -0.15) is 6.07 Å². The first-order valence-corrected chi connectivity index (χ1v) is 3.66. The van der Waals surface area contributed by atoms with Gasteiger partial charge in [-0.25, -0.2) is 0 Å². The van der Waals surface area contributed by atoms with Crippen LogP contribution in [0.5, 0.6) is 0 Å². The van der Waals surface area contributed by atoms with Crippen molar-refractivity contribution in [3.05, 3.63) is 29.6 Å². The fourth-order valence-corrected chi connectivity index (χ4v) is 0.983. The van der Waals surface area contributed by atoms with E-state index in [-0.39, 0.29) is 32.7 Å². The van der Waals surface area contributed by atoms with Crippen molar-refractivity contribution in [1.29, 1.82) is 0 Å². The zero-order valence-electron chi connectivity index (χ0n) is 7.83. The number of aryl methyl sites for hydroxylation is 1. The molecule has 1 aromatic heterocycles. The quantitative estimate of drug-likeness (QED) is 0.721. The minimum atomic E-state index is 0. The number of rotatable bonds is 2. The number of pyridine rings is 1. The van der Waals surface area contributed by atoms with E-state index in [9.17, 15) is 0 Å². The average Bonchev–Trinajstić information content (AvgIpc) is 1.85. The van der Waals surface area contributed by atoms with Gasteiger partial charge in [-0.3, -0.25) is 0 Å². The minimum absolute atomic E-state index is 0. The predicted octanol–water partition coefficient (Wildman–Crippen LogP) is 1.25. The molecule has 0 bridgehead atoms. The maximum absolute atomic E-state index is 3.99. The predicted molar refractivity (Wildman–Crippen MR) is 45.2 cm³/mol. The van der Waals surface area contributed by atoms with Gasteiger partial charge in [0, 0.05) is 39.3 Å². The van der Waals surface area contributed by atoms with Crippen LogP contribution in [0.4, 0.5) is 0 Å². The van der Waals surface area contributed by atoms with Gasteiger partial charge in [-0.05, 0) is 14.1 Å². The molecule has 1 rings (SSSR count). The maximum atomic E-state index is 3.99. The normalized spacial score (nSPS) is 9.67. The zero-order chi connectivity index (χ0) is 8.27. The second kappa shape index (κ2) is 5.79. The van der Waals surface area contributed by atoms with E-state index in [0.29, 0.717) is 0 Å².